The van der Waals surface area contributed by atoms with Crippen LogP contribution < -0.4 is 5.56 Å². The van der Waals surface area contributed by atoms with Gasteiger partial charge >= 0.3 is 5.97 Å². The first kappa shape index (κ1) is 18.0. The number of fused-ring (bicyclic) bond motifs is 1. The molecule has 2 aromatic rings. The Morgan fingerprint density at radius 3 is 2.88 bits per heavy atom. The fourth-order valence-corrected chi connectivity index (χ4v) is 3.71. The lowest BCUT2D eigenvalue weighted by molar-refractivity contribution is -0.141. The van der Waals surface area contributed by atoms with Crippen LogP contribution in [0.2, 0.25) is 5.02 Å². The Hall–Kier alpha value is -1.85. The molecule has 0 spiro atoms. The summed E-state index contributed by atoms with van der Waals surface area (Å²) >= 11 is 6.09. The van der Waals surface area contributed by atoms with Gasteiger partial charge in [0, 0.05) is 23.7 Å². The average molecular weight is 363 g/mol. The van der Waals surface area contributed by atoms with Gasteiger partial charge in [-0.2, -0.15) is 0 Å². The first-order valence-electron chi connectivity index (χ1n) is 8.59. The Balaban J connectivity index is 2.03. The number of pyridine rings is 1. The maximum Gasteiger partial charge on any atom is 0.325 e. The van der Waals surface area contributed by atoms with Crippen molar-refractivity contribution < 1.29 is 9.53 Å². The summed E-state index contributed by atoms with van der Waals surface area (Å²) < 4.78 is 6.22. The van der Waals surface area contributed by atoms with Crippen molar-refractivity contribution in [3.05, 3.63) is 45.2 Å². The largest absolute Gasteiger partial charge is 0.468 e. The van der Waals surface area contributed by atoms with Crippen LogP contribution >= 0.6 is 11.6 Å². The van der Waals surface area contributed by atoms with Gasteiger partial charge in [-0.15, -0.1) is 0 Å². The second-order valence-corrected chi connectivity index (χ2v) is 7.26. The molecule has 0 radical (unpaired) electrons. The smallest absolute Gasteiger partial charge is 0.325 e. The highest BCUT2D eigenvalue weighted by atomic mass is 35.5. The van der Waals surface area contributed by atoms with E-state index in [0.717, 1.165) is 24.9 Å². The van der Waals surface area contributed by atoms with E-state index in [1.54, 1.807) is 12.1 Å². The van der Waals surface area contributed by atoms with Crippen LogP contribution in [0.1, 0.15) is 25.3 Å². The Morgan fingerprint density at radius 1 is 1.36 bits per heavy atom. The molecule has 1 saturated heterocycles. The molecule has 6 heteroatoms. The molecule has 1 aromatic carbocycles. The van der Waals surface area contributed by atoms with Crippen LogP contribution in [0.15, 0.2) is 29.1 Å². The van der Waals surface area contributed by atoms with Gasteiger partial charge in [-0.1, -0.05) is 24.6 Å². The normalized spacial score (nSPS) is 18.4. The molecular weight excluding hydrogens is 340 g/mol. The topological polar surface area (TPSA) is 51.5 Å². The van der Waals surface area contributed by atoms with Crippen molar-refractivity contribution >= 4 is 28.5 Å². The van der Waals surface area contributed by atoms with Gasteiger partial charge in [-0.3, -0.25) is 19.1 Å². The molecule has 1 aliphatic rings. The number of carbonyl (C=O) groups excluding carboxylic acids is 1. The fraction of sp³-hybridized carbons (Fsp3) is 0.474. The number of benzene rings is 1. The summed E-state index contributed by atoms with van der Waals surface area (Å²) in [6.45, 7) is 4.72. The van der Waals surface area contributed by atoms with Crippen LogP contribution in [-0.2, 0) is 22.6 Å². The maximum atomic E-state index is 13.0. The van der Waals surface area contributed by atoms with Gasteiger partial charge in [0.05, 0.1) is 12.6 Å². The van der Waals surface area contributed by atoms with E-state index in [1.807, 2.05) is 12.1 Å². The number of nitrogens with zero attached hydrogens (tertiary/aromatic N) is 2. The van der Waals surface area contributed by atoms with Gasteiger partial charge in [-0.25, -0.2) is 0 Å². The lowest BCUT2D eigenvalue weighted by atomic mass is 10.00. The van der Waals surface area contributed by atoms with Crippen molar-refractivity contribution in [2.45, 2.75) is 32.9 Å². The number of hydrogen-bond acceptors (Lipinski definition) is 4. The molecule has 0 bridgehead atoms. The van der Waals surface area contributed by atoms with Crippen LogP contribution in [0.4, 0.5) is 0 Å². The molecule has 0 amide bonds. The van der Waals surface area contributed by atoms with Crippen molar-refractivity contribution in [1.82, 2.24) is 9.47 Å². The number of hydrogen-bond donors (Lipinski definition) is 0. The highest BCUT2D eigenvalue weighted by Crippen LogP contribution is 2.21. The second kappa shape index (κ2) is 7.58. The third-order valence-corrected chi connectivity index (χ3v) is 5.02. The van der Waals surface area contributed by atoms with E-state index in [0.29, 0.717) is 28.6 Å². The molecule has 134 valence electrons. The Morgan fingerprint density at radius 2 is 2.16 bits per heavy atom. The van der Waals surface area contributed by atoms with E-state index < -0.39 is 5.97 Å². The van der Waals surface area contributed by atoms with E-state index in [9.17, 15) is 9.59 Å². The zero-order valence-electron chi connectivity index (χ0n) is 14.6. The minimum absolute atomic E-state index is 0.115. The average Bonchev–Trinajstić information content (AvgIpc) is 2.59. The number of esters is 1. The van der Waals surface area contributed by atoms with Crippen LogP contribution in [0, 0.1) is 5.92 Å². The third-order valence-electron chi connectivity index (χ3n) is 4.78. The lowest BCUT2D eigenvalue weighted by Gasteiger charge is -2.30. The van der Waals surface area contributed by atoms with E-state index in [-0.39, 0.29) is 12.1 Å². The minimum atomic E-state index is -0.452. The number of aromatic nitrogens is 1. The monoisotopic (exact) mass is 362 g/mol. The van der Waals surface area contributed by atoms with Crippen LogP contribution in [0.3, 0.4) is 0 Å². The number of methoxy groups -OCH3 is 1. The molecule has 0 saturated carbocycles. The molecule has 2 heterocycles. The molecule has 1 aromatic heterocycles. The highest BCUT2D eigenvalue weighted by Gasteiger charge is 2.19. The van der Waals surface area contributed by atoms with E-state index >= 15 is 0 Å². The summed E-state index contributed by atoms with van der Waals surface area (Å²) in [7, 11) is 1.32. The molecule has 1 aliphatic heterocycles. The van der Waals surface area contributed by atoms with Crippen LogP contribution in [-0.4, -0.2) is 35.6 Å². The molecule has 0 N–H and O–H groups in total. The zero-order chi connectivity index (χ0) is 18.0. The number of likely N-dealkylation sites (tertiary alicyclic amines) is 1. The molecule has 5 nitrogen and oxygen atoms in total. The SMILES string of the molecule is COC(=O)Cn1c(=O)c(CN2CCCC(C)C2)cc2ccc(Cl)cc21. The van der Waals surface area contributed by atoms with Crippen molar-refractivity contribution in [1.29, 1.82) is 0 Å². The van der Waals surface area contributed by atoms with Crippen molar-refractivity contribution in [3.8, 4) is 0 Å². The van der Waals surface area contributed by atoms with E-state index in [1.165, 1.54) is 18.1 Å². The van der Waals surface area contributed by atoms with Gasteiger partial charge in [0.1, 0.15) is 6.54 Å². The predicted octanol–water partition coefficient (Wildman–Crippen LogP) is 3.06. The van der Waals surface area contributed by atoms with E-state index in [2.05, 4.69) is 11.8 Å². The summed E-state index contributed by atoms with van der Waals surface area (Å²) in [4.78, 5) is 27.1. The van der Waals surface area contributed by atoms with Gasteiger partial charge in [-0.05, 0) is 48.9 Å². The third kappa shape index (κ3) is 4.05. The van der Waals surface area contributed by atoms with Gasteiger partial charge in [0.15, 0.2) is 0 Å². The summed E-state index contributed by atoms with van der Waals surface area (Å²) in [5, 5.41) is 1.43. The molecule has 25 heavy (non-hydrogen) atoms. The van der Waals surface area contributed by atoms with E-state index in [4.69, 9.17) is 16.3 Å². The molecule has 1 fully saturated rings. The molecular formula is C19H23ClN2O3. The van der Waals surface area contributed by atoms with Crippen molar-refractivity contribution in [3.63, 3.8) is 0 Å². The van der Waals surface area contributed by atoms with Crippen LogP contribution in [0.5, 0.6) is 0 Å². The van der Waals surface area contributed by atoms with Crippen molar-refractivity contribution in [2.24, 2.45) is 5.92 Å². The quantitative estimate of drug-likeness (QED) is 0.784. The molecule has 1 atom stereocenters. The number of ether oxygens (including phenoxy) is 1. The Labute approximate surface area is 152 Å². The number of rotatable bonds is 4. The van der Waals surface area contributed by atoms with Gasteiger partial charge in [0.25, 0.3) is 5.56 Å². The Kier molecular flexibility index (Phi) is 5.45. The van der Waals surface area contributed by atoms with Crippen LogP contribution in [0.25, 0.3) is 10.9 Å². The summed E-state index contributed by atoms with van der Waals surface area (Å²) in [5.74, 6) is 0.192. The van der Waals surface area contributed by atoms with Gasteiger partial charge < -0.3 is 4.74 Å². The first-order valence-corrected chi connectivity index (χ1v) is 8.97. The minimum Gasteiger partial charge on any atom is -0.468 e. The lowest BCUT2D eigenvalue weighted by Crippen LogP contribution is -2.37. The first-order chi connectivity index (χ1) is 12.0. The molecule has 3 rings (SSSR count). The summed E-state index contributed by atoms with van der Waals surface area (Å²) in [5.41, 5.74) is 1.20. The predicted molar refractivity (Wildman–Crippen MR) is 98.9 cm³/mol. The number of carbonyl (C=O) groups is 1. The molecule has 1 unspecified atom stereocenters. The summed E-state index contributed by atoms with van der Waals surface area (Å²) in [6.07, 6.45) is 2.39. The number of piperidine rings is 1. The standard InChI is InChI=1S/C19H23ClN2O3/c1-13-4-3-7-21(10-13)11-15-8-14-5-6-16(20)9-17(14)22(19(15)24)12-18(23)25-2/h5-6,8-9,13H,3-4,7,10-12H2,1-2H3. The second-order valence-electron chi connectivity index (χ2n) is 6.82. The van der Waals surface area contributed by atoms with Gasteiger partial charge in [0.2, 0.25) is 0 Å². The number of halogens is 1. The maximum absolute atomic E-state index is 13.0. The zero-order valence-corrected chi connectivity index (χ0v) is 15.4. The molecule has 0 aliphatic carbocycles. The Bertz CT molecular complexity index is 846. The fourth-order valence-electron chi connectivity index (χ4n) is 3.54. The van der Waals surface area contributed by atoms with Crippen molar-refractivity contribution in [2.75, 3.05) is 20.2 Å². The summed E-state index contributed by atoms with van der Waals surface area (Å²) in [6, 6.07) is 7.31. The highest BCUT2D eigenvalue weighted by molar-refractivity contribution is 6.31.